The Kier molecular flexibility index (Phi) is 4.33. The van der Waals surface area contributed by atoms with E-state index in [0.29, 0.717) is 20.7 Å². The SMILES string of the molecule is Cc1c(C(=O)OCc2ccc(-n3cccn3)cc2)sc2ncn(C)c(=O)c12. The first kappa shape index (κ1) is 17.2. The normalized spacial score (nSPS) is 11.0. The zero-order valence-electron chi connectivity index (χ0n) is 14.7. The highest BCUT2D eigenvalue weighted by molar-refractivity contribution is 7.20. The fourth-order valence-corrected chi connectivity index (χ4v) is 3.82. The molecule has 1 aromatic carbocycles. The number of hydrogen-bond donors (Lipinski definition) is 0. The van der Waals surface area contributed by atoms with Gasteiger partial charge in [0.25, 0.3) is 5.56 Å². The number of carbonyl (C=O) groups excluding carboxylic acids is 1. The van der Waals surface area contributed by atoms with E-state index in [1.807, 2.05) is 36.5 Å². The second-order valence-electron chi connectivity index (χ2n) is 6.09. The molecule has 7 nitrogen and oxygen atoms in total. The van der Waals surface area contributed by atoms with Gasteiger partial charge in [0.1, 0.15) is 16.3 Å². The summed E-state index contributed by atoms with van der Waals surface area (Å²) in [5.74, 6) is -0.450. The zero-order chi connectivity index (χ0) is 19.0. The lowest BCUT2D eigenvalue weighted by atomic mass is 10.2. The molecule has 3 aromatic heterocycles. The van der Waals surface area contributed by atoms with Crippen molar-refractivity contribution < 1.29 is 9.53 Å². The maximum absolute atomic E-state index is 12.5. The van der Waals surface area contributed by atoms with Gasteiger partial charge in [-0.05, 0) is 36.2 Å². The van der Waals surface area contributed by atoms with Crippen LogP contribution in [0.3, 0.4) is 0 Å². The Morgan fingerprint density at radius 1 is 1.26 bits per heavy atom. The highest BCUT2D eigenvalue weighted by Crippen LogP contribution is 2.27. The summed E-state index contributed by atoms with van der Waals surface area (Å²) in [6.45, 7) is 1.90. The third kappa shape index (κ3) is 3.15. The van der Waals surface area contributed by atoms with Crippen LogP contribution in [0.1, 0.15) is 20.8 Å². The molecule has 8 heteroatoms. The van der Waals surface area contributed by atoms with Gasteiger partial charge in [0.15, 0.2) is 0 Å². The molecule has 0 spiro atoms. The van der Waals surface area contributed by atoms with E-state index >= 15 is 0 Å². The smallest absolute Gasteiger partial charge is 0.349 e. The Morgan fingerprint density at radius 2 is 2.04 bits per heavy atom. The van der Waals surface area contributed by atoms with E-state index in [-0.39, 0.29) is 12.2 Å². The van der Waals surface area contributed by atoms with Gasteiger partial charge in [-0.2, -0.15) is 5.10 Å². The first-order valence-electron chi connectivity index (χ1n) is 8.25. The Labute approximate surface area is 158 Å². The highest BCUT2D eigenvalue weighted by Gasteiger charge is 2.20. The minimum atomic E-state index is -0.450. The van der Waals surface area contributed by atoms with Gasteiger partial charge in [0.2, 0.25) is 0 Å². The maximum atomic E-state index is 12.5. The van der Waals surface area contributed by atoms with Crippen LogP contribution in [0.4, 0.5) is 0 Å². The topological polar surface area (TPSA) is 79.0 Å². The number of esters is 1. The van der Waals surface area contributed by atoms with Gasteiger partial charge in [0, 0.05) is 19.4 Å². The number of hydrogen-bond acceptors (Lipinski definition) is 6. The van der Waals surface area contributed by atoms with Crippen LogP contribution in [-0.2, 0) is 18.4 Å². The highest BCUT2D eigenvalue weighted by atomic mass is 32.1. The van der Waals surface area contributed by atoms with Gasteiger partial charge >= 0.3 is 5.97 Å². The van der Waals surface area contributed by atoms with Crippen LogP contribution in [-0.4, -0.2) is 25.3 Å². The molecule has 0 aliphatic rings. The van der Waals surface area contributed by atoms with Crippen LogP contribution in [0.25, 0.3) is 15.9 Å². The van der Waals surface area contributed by atoms with Crippen molar-refractivity contribution in [1.82, 2.24) is 19.3 Å². The first-order valence-corrected chi connectivity index (χ1v) is 9.07. The molecule has 0 aliphatic heterocycles. The monoisotopic (exact) mass is 380 g/mol. The van der Waals surface area contributed by atoms with Crippen LogP contribution >= 0.6 is 11.3 Å². The third-order valence-electron chi connectivity index (χ3n) is 4.27. The molecule has 0 radical (unpaired) electrons. The molecule has 0 bridgehead atoms. The third-order valence-corrected chi connectivity index (χ3v) is 5.45. The number of carbonyl (C=O) groups is 1. The second kappa shape index (κ2) is 6.81. The van der Waals surface area contributed by atoms with Gasteiger partial charge in [-0.1, -0.05) is 12.1 Å². The fraction of sp³-hybridized carbons (Fsp3) is 0.158. The minimum Gasteiger partial charge on any atom is -0.457 e. The molecule has 0 fully saturated rings. The van der Waals surface area contributed by atoms with Crippen molar-refractivity contribution in [3.05, 3.63) is 75.4 Å². The molecule has 0 N–H and O–H groups in total. The molecule has 4 aromatic rings. The van der Waals surface area contributed by atoms with E-state index in [0.717, 1.165) is 11.3 Å². The summed E-state index contributed by atoms with van der Waals surface area (Å²) in [6, 6.07) is 9.45. The van der Waals surface area contributed by atoms with Crippen molar-refractivity contribution in [2.75, 3.05) is 0 Å². The molecule has 0 saturated carbocycles. The van der Waals surface area contributed by atoms with Crippen LogP contribution < -0.4 is 5.56 Å². The van der Waals surface area contributed by atoms with E-state index in [2.05, 4.69) is 10.1 Å². The molecule has 0 saturated heterocycles. The number of aromatic nitrogens is 4. The average Bonchev–Trinajstić information content (AvgIpc) is 3.32. The second-order valence-corrected chi connectivity index (χ2v) is 7.09. The fourth-order valence-electron chi connectivity index (χ4n) is 2.78. The minimum absolute atomic E-state index is 0.150. The summed E-state index contributed by atoms with van der Waals surface area (Å²) in [5.41, 5.74) is 2.24. The molecular formula is C19H16N4O3S. The van der Waals surface area contributed by atoms with Crippen molar-refractivity contribution in [3.8, 4) is 5.69 Å². The Hall–Kier alpha value is -3.26. The van der Waals surface area contributed by atoms with Crippen molar-refractivity contribution in [2.45, 2.75) is 13.5 Å². The Bertz CT molecular complexity index is 1170. The van der Waals surface area contributed by atoms with Gasteiger partial charge in [0.05, 0.1) is 17.4 Å². The number of ether oxygens (including phenoxy) is 1. The summed E-state index contributed by atoms with van der Waals surface area (Å²) >= 11 is 1.18. The average molecular weight is 380 g/mol. The molecule has 3 heterocycles. The van der Waals surface area contributed by atoms with Crippen molar-refractivity contribution in [2.24, 2.45) is 7.05 Å². The van der Waals surface area contributed by atoms with E-state index in [1.165, 1.54) is 22.2 Å². The van der Waals surface area contributed by atoms with Crippen molar-refractivity contribution in [1.29, 1.82) is 0 Å². The standard InChI is InChI=1S/C19H16N4O3S/c1-12-15-17(20-11-22(2)18(15)24)27-16(12)19(25)26-10-13-4-6-14(7-5-13)23-9-3-8-21-23/h3-9,11H,10H2,1-2H3. The Morgan fingerprint density at radius 3 is 2.74 bits per heavy atom. The predicted molar refractivity (Wildman–Crippen MR) is 102 cm³/mol. The first-order chi connectivity index (χ1) is 13.0. The number of aryl methyl sites for hydroxylation is 2. The van der Waals surface area contributed by atoms with E-state index < -0.39 is 5.97 Å². The molecule has 136 valence electrons. The predicted octanol–water partition coefficient (Wildman–Crippen LogP) is 2.85. The van der Waals surface area contributed by atoms with Gasteiger partial charge in [-0.3, -0.25) is 4.79 Å². The molecule has 0 unspecified atom stereocenters. The van der Waals surface area contributed by atoms with Gasteiger partial charge < -0.3 is 9.30 Å². The summed E-state index contributed by atoms with van der Waals surface area (Å²) in [5, 5.41) is 4.65. The number of thiophene rings is 1. The number of benzene rings is 1. The lowest BCUT2D eigenvalue weighted by Gasteiger charge is -2.06. The van der Waals surface area contributed by atoms with Crippen LogP contribution in [0.5, 0.6) is 0 Å². The molecule has 0 aliphatic carbocycles. The molecule has 0 amide bonds. The summed E-state index contributed by atoms with van der Waals surface area (Å²) in [6.07, 6.45) is 5.03. The summed E-state index contributed by atoms with van der Waals surface area (Å²) in [7, 11) is 1.64. The number of fused-ring (bicyclic) bond motifs is 1. The van der Waals surface area contributed by atoms with Gasteiger partial charge in [-0.25, -0.2) is 14.5 Å². The number of nitrogens with zero attached hydrogens (tertiary/aromatic N) is 4. The van der Waals surface area contributed by atoms with Gasteiger partial charge in [-0.15, -0.1) is 11.3 Å². The van der Waals surface area contributed by atoms with Crippen molar-refractivity contribution >= 4 is 27.5 Å². The van der Waals surface area contributed by atoms with Crippen LogP contribution in [0, 0.1) is 6.92 Å². The largest absolute Gasteiger partial charge is 0.457 e. The molecule has 0 atom stereocenters. The lowest BCUT2D eigenvalue weighted by molar-refractivity contribution is 0.0478. The van der Waals surface area contributed by atoms with Crippen LogP contribution in [0.15, 0.2) is 53.8 Å². The Balaban J connectivity index is 1.51. The van der Waals surface area contributed by atoms with E-state index in [9.17, 15) is 9.59 Å². The summed E-state index contributed by atoms with van der Waals surface area (Å²) in [4.78, 5) is 29.9. The zero-order valence-corrected chi connectivity index (χ0v) is 15.6. The molecular weight excluding hydrogens is 364 g/mol. The van der Waals surface area contributed by atoms with Crippen LogP contribution in [0.2, 0.25) is 0 Å². The van der Waals surface area contributed by atoms with E-state index in [4.69, 9.17) is 4.74 Å². The summed E-state index contributed by atoms with van der Waals surface area (Å²) < 4.78 is 8.59. The number of rotatable bonds is 4. The molecule has 27 heavy (non-hydrogen) atoms. The molecule has 4 rings (SSSR count). The lowest BCUT2D eigenvalue weighted by Crippen LogP contribution is -2.16. The van der Waals surface area contributed by atoms with Crippen molar-refractivity contribution in [3.63, 3.8) is 0 Å². The van der Waals surface area contributed by atoms with E-state index in [1.54, 1.807) is 24.9 Å². The maximum Gasteiger partial charge on any atom is 0.349 e. The quantitative estimate of drug-likeness (QED) is 0.509.